The average Bonchev–Trinajstić information content (AvgIpc) is 2.46. The molecule has 0 saturated heterocycles. The molecule has 5 nitrogen and oxygen atoms in total. The zero-order valence-corrected chi connectivity index (χ0v) is 14.9. The number of nitrogens with one attached hydrogen (secondary N) is 1. The van der Waals surface area contributed by atoms with Crippen LogP contribution in [-0.4, -0.2) is 30.3 Å². The summed E-state index contributed by atoms with van der Waals surface area (Å²) in [4.78, 5) is 11.2. The fraction of sp³-hybridized carbons (Fsp3) is 0.588. The van der Waals surface area contributed by atoms with Crippen molar-refractivity contribution >= 4 is 17.6 Å². The van der Waals surface area contributed by atoms with Crippen LogP contribution in [0.5, 0.6) is 11.5 Å². The topological polar surface area (TPSA) is 67.8 Å². The minimum atomic E-state index is -0.862. The SMILES string of the molecule is CCCOc1c(Cl)cc(CN[C@@H](C(=O)O)C(C)C)cc1OCC. The van der Waals surface area contributed by atoms with Crippen molar-refractivity contribution in [1.29, 1.82) is 0 Å². The van der Waals surface area contributed by atoms with Gasteiger partial charge in [-0.3, -0.25) is 4.79 Å². The van der Waals surface area contributed by atoms with Gasteiger partial charge in [0.15, 0.2) is 11.5 Å². The minimum absolute atomic E-state index is 0.0125. The Kier molecular flexibility index (Phi) is 8.20. The van der Waals surface area contributed by atoms with Crippen molar-refractivity contribution < 1.29 is 19.4 Å². The number of aliphatic carboxylic acids is 1. The molecule has 1 rings (SSSR count). The van der Waals surface area contributed by atoms with E-state index in [2.05, 4.69) is 5.32 Å². The van der Waals surface area contributed by atoms with Crippen LogP contribution in [-0.2, 0) is 11.3 Å². The van der Waals surface area contributed by atoms with E-state index in [0.717, 1.165) is 12.0 Å². The normalized spacial score (nSPS) is 12.3. The van der Waals surface area contributed by atoms with Gasteiger partial charge in [0.05, 0.1) is 18.2 Å². The summed E-state index contributed by atoms with van der Waals surface area (Å²) in [5.74, 6) is 0.250. The van der Waals surface area contributed by atoms with Crippen LogP contribution in [0.4, 0.5) is 0 Å². The van der Waals surface area contributed by atoms with Gasteiger partial charge in [0.25, 0.3) is 0 Å². The number of hydrogen-bond donors (Lipinski definition) is 2. The number of benzene rings is 1. The summed E-state index contributed by atoms with van der Waals surface area (Å²) in [7, 11) is 0. The van der Waals surface area contributed by atoms with Gasteiger partial charge in [-0.15, -0.1) is 0 Å². The molecule has 23 heavy (non-hydrogen) atoms. The van der Waals surface area contributed by atoms with E-state index >= 15 is 0 Å². The molecular formula is C17H26ClNO4. The highest BCUT2D eigenvalue weighted by atomic mass is 35.5. The molecule has 1 atom stereocenters. The first-order valence-electron chi connectivity index (χ1n) is 7.94. The van der Waals surface area contributed by atoms with Crippen LogP contribution < -0.4 is 14.8 Å². The summed E-state index contributed by atoms with van der Waals surface area (Å²) in [6.07, 6.45) is 0.875. The van der Waals surface area contributed by atoms with Crippen LogP contribution >= 0.6 is 11.6 Å². The summed E-state index contributed by atoms with van der Waals surface area (Å²) >= 11 is 6.30. The molecule has 0 saturated carbocycles. The fourth-order valence-electron chi connectivity index (χ4n) is 2.17. The van der Waals surface area contributed by atoms with E-state index in [-0.39, 0.29) is 5.92 Å². The number of ether oxygens (including phenoxy) is 2. The molecular weight excluding hydrogens is 318 g/mol. The summed E-state index contributed by atoms with van der Waals surface area (Å²) in [5, 5.41) is 12.7. The molecule has 0 aliphatic heterocycles. The van der Waals surface area contributed by atoms with Crippen molar-refractivity contribution in [3.63, 3.8) is 0 Å². The smallest absolute Gasteiger partial charge is 0.320 e. The third-order valence-corrected chi connectivity index (χ3v) is 3.56. The molecule has 0 aliphatic carbocycles. The zero-order chi connectivity index (χ0) is 17.4. The second kappa shape index (κ2) is 9.63. The quantitative estimate of drug-likeness (QED) is 0.677. The van der Waals surface area contributed by atoms with Crippen molar-refractivity contribution in [2.45, 2.75) is 46.7 Å². The van der Waals surface area contributed by atoms with Crippen molar-refractivity contribution in [2.75, 3.05) is 13.2 Å². The molecule has 0 bridgehead atoms. The van der Waals surface area contributed by atoms with E-state index < -0.39 is 12.0 Å². The third kappa shape index (κ3) is 5.92. The molecule has 0 fully saturated rings. The number of carboxylic acids is 1. The van der Waals surface area contributed by atoms with E-state index in [1.54, 1.807) is 6.07 Å². The minimum Gasteiger partial charge on any atom is -0.490 e. The lowest BCUT2D eigenvalue weighted by Gasteiger charge is -2.19. The predicted octanol–water partition coefficient (Wildman–Crippen LogP) is 3.73. The summed E-state index contributed by atoms with van der Waals surface area (Å²) in [6.45, 7) is 9.10. The van der Waals surface area contributed by atoms with E-state index in [1.807, 2.05) is 33.8 Å². The van der Waals surface area contributed by atoms with Crippen LogP contribution in [0.15, 0.2) is 12.1 Å². The van der Waals surface area contributed by atoms with E-state index in [4.69, 9.17) is 21.1 Å². The van der Waals surface area contributed by atoms with Crippen LogP contribution in [0.1, 0.15) is 39.7 Å². The number of hydrogen-bond acceptors (Lipinski definition) is 4. The van der Waals surface area contributed by atoms with E-state index in [1.165, 1.54) is 0 Å². The van der Waals surface area contributed by atoms with E-state index in [9.17, 15) is 9.90 Å². The second-order valence-electron chi connectivity index (χ2n) is 5.63. The van der Waals surface area contributed by atoms with Crippen molar-refractivity contribution in [3.8, 4) is 11.5 Å². The van der Waals surface area contributed by atoms with Crippen LogP contribution in [0.25, 0.3) is 0 Å². The van der Waals surface area contributed by atoms with Gasteiger partial charge >= 0.3 is 5.97 Å². The summed E-state index contributed by atoms with van der Waals surface area (Å²) < 4.78 is 11.3. The number of carbonyl (C=O) groups is 1. The fourth-order valence-corrected chi connectivity index (χ4v) is 2.45. The van der Waals surface area contributed by atoms with Crippen molar-refractivity contribution in [1.82, 2.24) is 5.32 Å². The van der Waals surface area contributed by atoms with Crippen LogP contribution in [0, 0.1) is 5.92 Å². The maximum Gasteiger partial charge on any atom is 0.320 e. The van der Waals surface area contributed by atoms with Gasteiger partial charge in [-0.2, -0.15) is 0 Å². The average molecular weight is 344 g/mol. The lowest BCUT2D eigenvalue weighted by molar-refractivity contribution is -0.140. The van der Waals surface area contributed by atoms with Gasteiger partial charge < -0.3 is 19.9 Å². The Morgan fingerprint density at radius 3 is 2.52 bits per heavy atom. The highest BCUT2D eigenvalue weighted by Gasteiger charge is 2.21. The van der Waals surface area contributed by atoms with Gasteiger partial charge in [0.2, 0.25) is 0 Å². The molecule has 0 unspecified atom stereocenters. The third-order valence-electron chi connectivity index (χ3n) is 3.28. The first-order chi connectivity index (χ1) is 10.9. The molecule has 0 heterocycles. The lowest BCUT2D eigenvalue weighted by Crippen LogP contribution is -2.40. The van der Waals surface area contributed by atoms with Crippen molar-refractivity contribution in [3.05, 3.63) is 22.7 Å². The number of rotatable bonds is 10. The van der Waals surface area contributed by atoms with Crippen LogP contribution in [0.3, 0.4) is 0 Å². The molecule has 0 amide bonds. The highest BCUT2D eigenvalue weighted by molar-refractivity contribution is 6.32. The first kappa shape index (κ1) is 19.6. The molecule has 130 valence electrons. The molecule has 6 heteroatoms. The maximum absolute atomic E-state index is 11.2. The molecule has 1 aromatic carbocycles. The lowest BCUT2D eigenvalue weighted by atomic mass is 10.0. The molecule has 0 aliphatic rings. The Morgan fingerprint density at radius 1 is 1.30 bits per heavy atom. The Balaban J connectivity index is 2.93. The monoisotopic (exact) mass is 343 g/mol. The van der Waals surface area contributed by atoms with Gasteiger partial charge in [-0.25, -0.2) is 0 Å². The molecule has 0 spiro atoms. The Hall–Kier alpha value is -1.46. The summed E-state index contributed by atoms with van der Waals surface area (Å²) in [6, 6.07) is 3.01. The zero-order valence-electron chi connectivity index (χ0n) is 14.2. The first-order valence-corrected chi connectivity index (χ1v) is 8.32. The maximum atomic E-state index is 11.2. The van der Waals surface area contributed by atoms with Gasteiger partial charge in [-0.05, 0) is 37.0 Å². The number of carboxylic acid groups (broad SMARTS) is 1. The van der Waals surface area contributed by atoms with Gasteiger partial charge in [0.1, 0.15) is 6.04 Å². The van der Waals surface area contributed by atoms with Crippen LogP contribution in [0.2, 0.25) is 5.02 Å². The molecule has 0 radical (unpaired) electrons. The Bertz CT molecular complexity index is 520. The number of halogens is 1. The highest BCUT2D eigenvalue weighted by Crippen LogP contribution is 2.36. The second-order valence-corrected chi connectivity index (χ2v) is 6.03. The molecule has 0 aromatic heterocycles. The molecule has 1 aromatic rings. The Morgan fingerprint density at radius 2 is 2.00 bits per heavy atom. The summed E-state index contributed by atoms with van der Waals surface area (Å²) in [5.41, 5.74) is 0.856. The largest absolute Gasteiger partial charge is 0.490 e. The van der Waals surface area contributed by atoms with E-state index in [0.29, 0.717) is 36.3 Å². The van der Waals surface area contributed by atoms with Gasteiger partial charge in [-0.1, -0.05) is 32.4 Å². The Labute approximate surface area is 142 Å². The van der Waals surface area contributed by atoms with Crippen molar-refractivity contribution in [2.24, 2.45) is 5.92 Å². The predicted molar refractivity (Wildman–Crippen MR) is 91.5 cm³/mol. The molecule has 2 N–H and O–H groups in total. The van der Waals surface area contributed by atoms with Gasteiger partial charge in [0, 0.05) is 6.54 Å². The standard InChI is InChI=1S/C17H26ClNO4/c1-5-7-23-16-13(18)8-12(9-14(16)22-6-2)10-19-15(11(3)4)17(20)21/h8-9,11,15,19H,5-7,10H2,1-4H3,(H,20,21)/t15-/m1/s1.